The van der Waals surface area contributed by atoms with Gasteiger partial charge in [0, 0.05) is 80.9 Å². The van der Waals surface area contributed by atoms with Crippen molar-refractivity contribution in [2.75, 3.05) is 43.8 Å². The molecule has 0 aliphatic carbocycles. The van der Waals surface area contributed by atoms with Crippen molar-refractivity contribution in [1.82, 2.24) is 54.5 Å². The summed E-state index contributed by atoms with van der Waals surface area (Å²) in [6, 6.07) is 16.4. The lowest BCUT2D eigenvalue weighted by molar-refractivity contribution is -0.133. The Morgan fingerprint density at radius 1 is 0.923 bits per heavy atom. The SMILES string of the molecule is Cc1cc(C(=O)N2CCn3nc(CN4CCC(c5ccc(NC6CCC(=O)NC6=O)cc5F)CC4)cc3C2)cnc1C1=CCN(Cc2cc3c(-c4ccc(N)nn4)ccnc3n2C)CC1. The number of benzene rings is 1. The standard InChI is InChI=1S/C48H52FN13O3/c1-29-21-32(25-52-45(29)31-12-17-60(18-13-31)27-35-24-39-38(9-14-51-46(39)58(35)2)41-5-7-43(50)56-55-41)48(65)61-19-20-62-36(28-61)22-34(57-62)26-59-15-10-30(11-16-59)37-4-3-33(23-40(37)49)53-42-6-8-44(63)54-47(42)64/h3-5,7,9,12,14,21-25,30,42,53H,6,8,10-11,13,15-20,26-28H2,1-2H3,(H2,50,56)(H,54,63,64). The number of rotatable bonds is 10. The molecule has 65 heavy (non-hydrogen) atoms. The molecule has 5 aromatic heterocycles. The van der Waals surface area contributed by atoms with E-state index in [0.29, 0.717) is 55.2 Å². The van der Waals surface area contributed by atoms with Gasteiger partial charge in [0.15, 0.2) is 0 Å². The lowest BCUT2D eigenvalue weighted by Gasteiger charge is -2.32. The van der Waals surface area contributed by atoms with E-state index in [0.717, 1.165) is 103 Å². The van der Waals surface area contributed by atoms with Crippen molar-refractivity contribution in [1.29, 1.82) is 0 Å². The van der Waals surface area contributed by atoms with Crippen molar-refractivity contribution >= 4 is 45.8 Å². The zero-order valence-electron chi connectivity index (χ0n) is 36.6. The van der Waals surface area contributed by atoms with E-state index in [1.807, 2.05) is 46.8 Å². The molecule has 1 atom stereocenters. The van der Waals surface area contributed by atoms with Crippen molar-refractivity contribution in [3.05, 3.63) is 118 Å². The Kier molecular flexibility index (Phi) is 11.4. The van der Waals surface area contributed by atoms with Crippen molar-refractivity contribution in [3.8, 4) is 11.3 Å². The Hall–Kier alpha value is -6.85. The molecule has 0 radical (unpaired) electrons. The number of nitrogens with two attached hydrogens (primary N) is 1. The molecular weight excluding hydrogens is 826 g/mol. The predicted molar refractivity (Wildman–Crippen MR) is 243 cm³/mol. The van der Waals surface area contributed by atoms with Gasteiger partial charge in [-0.15, -0.1) is 10.2 Å². The lowest BCUT2D eigenvalue weighted by Crippen LogP contribution is -2.47. The first kappa shape index (κ1) is 42.1. The monoisotopic (exact) mass is 877 g/mol. The third-order valence-corrected chi connectivity index (χ3v) is 13.4. The molecule has 9 heterocycles. The second-order valence-corrected chi connectivity index (χ2v) is 17.7. The number of pyridine rings is 2. The molecule has 334 valence electrons. The van der Waals surface area contributed by atoms with Crippen LogP contribution in [-0.2, 0) is 42.8 Å². The normalized spacial score (nSPS) is 18.7. The number of likely N-dealkylation sites (tertiary alicyclic amines) is 1. The average Bonchev–Trinajstić information content (AvgIpc) is 3.86. The van der Waals surface area contributed by atoms with E-state index in [1.165, 1.54) is 11.6 Å². The number of aryl methyl sites for hydroxylation is 2. The number of halogens is 1. The summed E-state index contributed by atoms with van der Waals surface area (Å²) in [6.45, 7) is 8.47. The number of nitrogens with zero attached hydrogens (tertiary/aromatic N) is 10. The summed E-state index contributed by atoms with van der Waals surface area (Å²) in [6.07, 6.45) is 8.93. The van der Waals surface area contributed by atoms with E-state index >= 15 is 4.39 Å². The van der Waals surface area contributed by atoms with Crippen LogP contribution in [0.3, 0.4) is 0 Å². The van der Waals surface area contributed by atoms with Crippen LogP contribution in [-0.4, -0.2) is 106 Å². The second-order valence-electron chi connectivity index (χ2n) is 17.7. The fourth-order valence-electron chi connectivity index (χ4n) is 9.83. The first-order valence-corrected chi connectivity index (χ1v) is 22.4. The van der Waals surface area contributed by atoms with Crippen LogP contribution in [0.15, 0.2) is 73.1 Å². The molecule has 3 amide bonds. The molecule has 0 spiro atoms. The van der Waals surface area contributed by atoms with Crippen LogP contribution in [0, 0.1) is 12.7 Å². The van der Waals surface area contributed by atoms with Gasteiger partial charge in [0.2, 0.25) is 11.8 Å². The van der Waals surface area contributed by atoms with Crippen LogP contribution >= 0.6 is 0 Å². The number of hydrogen-bond donors (Lipinski definition) is 3. The van der Waals surface area contributed by atoms with Gasteiger partial charge in [-0.1, -0.05) is 12.1 Å². The fourth-order valence-corrected chi connectivity index (χ4v) is 9.83. The highest BCUT2D eigenvalue weighted by Gasteiger charge is 2.29. The molecule has 4 aliphatic heterocycles. The number of anilines is 2. The van der Waals surface area contributed by atoms with Gasteiger partial charge in [0.05, 0.1) is 41.4 Å². The summed E-state index contributed by atoms with van der Waals surface area (Å²) in [5, 5.41) is 19.7. The minimum atomic E-state index is -0.556. The molecule has 6 aromatic rings. The van der Waals surface area contributed by atoms with Gasteiger partial charge in [-0.3, -0.25) is 39.2 Å². The molecule has 2 fully saturated rings. The highest BCUT2D eigenvalue weighted by molar-refractivity contribution is 6.01. The number of carbonyl (C=O) groups excluding carboxylic acids is 3. The molecule has 0 saturated carbocycles. The van der Waals surface area contributed by atoms with Crippen molar-refractivity contribution in [3.63, 3.8) is 0 Å². The van der Waals surface area contributed by atoms with Gasteiger partial charge in [-0.2, -0.15) is 5.10 Å². The number of hydrogen-bond acceptors (Lipinski definition) is 12. The molecule has 1 unspecified atom stereocenters. The second kappa shape index (κ2) is 17.6. The van der Waals surface area contributed by atoms with Crippen LogP contribution in [0.1, 0.15) is 82.3 Å². The van der Waals surface area contributed by atoms with E-state index in [9.17, 15) is 14.4 Å². The zero-order valence-corrected chi connectivity index (χ0v) is 36.6. The zero-order chi connectivity index (χ0) is 44.8. The first-order valence-electron chi connectivity index (χ1n) is 22.4. The Balaban J connectivity index is 0.716. The lowest BCUT2D eigenvalue weighted by atomic mass is 9.89. The predicted octanol–water partition coefficient (Wildman–Crippen LogP) is 5.19. The van der Waals surface area contributed by atoms with Crippen LogP contribution in [0.2, 0.25) is 0 Å². The van der Waals surface area contributed by atoms with Gasteiger partial charge in [0.1, 0.15) is 23.3 Å². The maximum absolute atomic E-state index is 15.3. The molecule has 0 bridgehead atoms. The van der Waals surface area contributed by atoms with Gasteiger partial charge >= 0.3 is 0 Å². The first-order chi connectivity index (χ1) is 31.5. The summed E-state index contributed by atoms with van der Waals surface area (Å²) in [7, 11) is 2.05. The highest BCUT2D eigenvalue weighted by Crippen LogP contribution is 2.33. The quantitative estimate of drug-likeness (QED) is 0.153. The molecule has 1 aromatic carbocycles. The van der Waals surface area contributed by atoms with Gasteiger partial charge in [0.25, 0.3) is 5.91 Å². The minimum Gasteiger partial charge on any atom is -0.382 e. The maximum Gasteiger partial charge on any atom is 0.255 e. The molecule has 4 N–H and O–H groups in total. The number of nitrogen functional groups attached to an aromatic ring is 1. The van der Waals surface area contributed by atoms with E-state index in [4.69, 9.17) is 15.8 Å². The Morgan fingerprint density at radius 2 is 1.78 bits per heavy atom. The van der Waals surface area contributed by atoms with E-state index in [1.54, 1.807) is 18.5 Å². The van der Waals surface area contributed by atoms with Crippen LogP contribution in [0.25, 0.3) is 27.9 Å². The van der Waals surface area contributed by atoms with Gasteiger partial charge in [-0.05, 0) is 117 Å². The largest absolute Gasteiger partial charge is 0.382 e. The topological polar surface area (TPSA) is 185 Å². The van der Waals surface area contributed by atoms with E-state index in [-0.39, 0.29) is 35.9 Å². The molecule has 2 saturated heterocycles. The Labute approximate surface area is 375 Å². The molecular formula is C48H52FN13O3. The summed E-state index contributed by atoms with van der Waals surface area (Å²) in [5.74, 6) is -0.495. The Bertz CT molecular complexity index is 2840. The highest BCUT2D eigenvalue weighted by atomic mass is 19.1. The number of amides is 3. The number of nitrogens with one attached hydrogen (secondary N) is 2. The molecule has 4 aliphatic rings. The molecule has 16 nitrogen and oxygen atoms in total. The van der Waals surface area contributed by atoms with Crippen molar-refractivity contribution < 1.29 is 18.8 Å². The summed E-state index contributed by atoms with van der Waals surface area (Å²) >= 11 is 0. The van der Waals surface area contributed by atoms with E-state index < -0.39 is 6.04 Å². The fraction of sp³-hybridized carbons (Fsp3) is 0.375. The summed E-state index contributed by atoms with van der Waals surface area (Å²) in [4.78, 5) is 53.7. The number of aromatic nitrogens is 7. The van der Waals surface area contributed by atoms with Gasteiger partial charge < -0.3 is 20.5 Å². The Morgan fingerprint density at radius 3 is 2.54 bits per heavy atom. The van der Waals surface area contributed by atoms with Crippen LogP contribution < -0.4 is 16.4 Å². The third-order valence-electron chi connectivity index (χ3n) is 13.4. The van der Waals surface area contributed by atoms with Crippen molar-refractivity contribution in [2.24, 2.45) is 7.05 Å². The number of fused-ring (bicyclic) bond motifs is 2. The van der Waals surface area contributed by atoms with Crippen LogP contribution in [0.4, 0.5) is 15.9 Å². The third kappa shape index (κ3) is 8.72. The summed E-state index contributed by atoms with van der Waals surface area (Å²) < 4.78 is 19.5. The minimum absolute atomic E-state index is 0.0323. The average molecular weight is 878 g/mol. The van der Waals surface area contributed by atoms with Crippen LogP contribution in [0.5, 0.6) is 0 Å². The summed E-state index contributed by atoms with van der Waals surface area (Å²) in [5.41, 5.74) is 16.5. The number of imide groups is 1. The van der Waals surface area contributed by atoms with Gasteiger partial charge in [-0.25, -0.2) is 9.37 Å². The number of carbonyl (C=O) groups is 3. The molecule has 17 heteroatoms. The number of piperidine rings is 2. The molecule has 10 rings (SSSR count). The maximum atomic E-state index is 15.3. The van der Waals surface area contributed by atoms with E-state index in [2.05, 4.69) is 65.4 Å². The smallest absolute Gasteiger partial charge is 0.255 e. The van der Waals surface area contributed by atoms with Crippen molar-refractivity contribution in [2.45, 2.75) is 77.2 Å².